The predicted molar refractivity (Wildman–Crippen MR) is 64.7 cm³/mol. The first-order valence-corrected chi connectivity index (χ1v) is 5.60. The highest BCUT2D eigenvalue weighted by atomic mass is 16.5. The van der Waals surface area contributed by atoms with Gasteiger partial charge in [0.1, 0.15) is 0 Å². The lowest BCUT2D eigenvalue weighted by Gasteiger charge is -2.14. The fourth-order valence-corrected chi connectivity index (χ4v) is 1.68. The monoisotopic (exact) mass is 235 g/mol. The molecule has 0 unspecified atom stereocenters. The first kappa shape index (κ1) is 13.2. The maximum Gasteiger partial charge on any atom is 0.292 e. The zero-order chi connectivity index (χ0) is 12.5. The van der Waals surface area contributed by atoms with E-state index in [-0.39, 0.29) is 5.91 Å². The van der Waals surface area contributed by atoms with Crippen molar-refractivity contribution in [2.75, 3.05) is 20.2 Å². The molecule has 0 bridgehead atoms. The van der Waals surface area contributed by atoms with Crippen molar-refractivity contribution in [2.45, 2.75) is 12.8 Å². The molecule has 0 aliphatic carbocycles. The quantitative estimate of drug-likeness (QED) is 0.733. The molecule has 17 heavy (non-hydrogen) atoms. The highest BCUT2D eigenvalue weighted by Gasteiger charge is 2.18. The highest BCUT2D eigenvalue weighted by Crippen LogP contribution is 2.12. The van der Waals surface area contributed by atoms with Crippen LogP contribution in [0.2, 0.25) is 0 Å². The molecule has 2 rings (SSSR count). The molecule has 1 aromatic rings. The Balaban J connectivity index is 0.000000317. The molecule has 0 spiro atoms. The summed E-state index contributed by atoms with van der Waals surface area (Å²) in [6.07, 6.45) is 2.30. The van der Waals surface area contributed by atoms with Crippen molar-refractivity contribution in [2.24, 2.45) is 0 Å². The van der Waals surface area contributed by atoms with E-state index in [9.17, 15) is 4.79 Å². The van der Waals surface area contributed by atoms with Crippen LogP contribution in [0.15, 0.2) is 30.3 Å². The second-order valence-electron chi connectivity index (χ2n) is 3.70. The molecule has 0 aromatic heterocycles. The zero-order valence-corrected chi connectivity index (χ0v) is 9.96. The fourth-order valence-electron chi connectivity index (χ4n) is 1.68. The summed E-state index contributed by atoms with van der Waals surface area (Å²) >= 11 is 0. The van der Waals surface area contributed by atoms with Gasteiger partial charge < -0.3 is 9.64 Å². The Morgan fingerprint density at radius 1 is 1.24 bits per heavy atom. The van der Waals surface area contributed by atoms with Crippen LogP contribution in [0, 0.1) is 0 Å². The average molecular weight is 235 g/mol. The van der Waals surface area contributed by atoms with E-state index in [1.54, 1.807) is 0 Å². The van der Waals surface area contributed by atoms with E-state index in [4.69, 9.17) is 4.79 Å². The Labute approximate surface area is 101 Å². The normalized spacial score (nSPS) is 13.6. The zero-order valence-electron chi connectivity index (χ0n) is 9.96. The molecule has 0 N–H and O–H groups in total. The van der Waals surface area contributed by atoms with Gasteiger partial charge in [-0.25, -0.2) is 0 Å². The lowest BCUT2D eigenvalue weighted by atomic mass is 10.2. The summed E-state index contributed by atoms with van der Waals surface area (Å²) in [5, 5.41) is 0. The molecule has 1 saturated heterocycles. The van der Waals surface area contributed by atoms with Crippen molar-refractivity contribution in [1.29, 1.82) is 0 Å². The summed E-state index contributed by atoms with van der Waals surface area (Å²) in [4.78, 5) is 22.7. The molecule has 4 nitrogen and oxygen atoms in total. The third-order valence-corrected chi connectivity index (χ3v) is 2.51. The summed E-state index contributed by atoms with van der Waals surface area (Å²) in [7, 11) is 1.31. The predicted octanol–water partition coefficient (Wildman–Crippen LogP) is 1.71. The van der Waals surface area contributed by atoms with Gasteiger partial charge in [0.25, 0.3) is 12.4 Å². The van der Waals surface area contributed by atoms with Crippen molar-refractivity contribution >= 4 is 12.4 Å². The molecular weight excluding hydrogens is 218 g/mol. The van der Waals surface area contributed by atoms with E-state index in [2.05, 4.69) is 4.74 Å². The first-order chi connectivity index (χ1) is 8.29. The molecule has 1 aromatic carbocycles. The number of hydrogen-bond acceptors (Lipinski definition) is 3. The molecule has 1 fully saturated rings. The topological polar surface area (TPSA) is 46.6 Å². The summed E-state index contributed by atoms with van der Waals surface area (Å²) in [5.74, 6) is 0.179. The number of carbonyl (C=O) groups excluding carboxylic acids is 2. The molecular formula is C13H17NO3. The van der Waals surface area contributed by atoms with Crippen LogP contribution in [0.4, 0.5) is 0 Å². The lowest BCUT2D eigenvalue weighted by Crippen LogP contribution is -2.27. The largest absolute Gasteiger partial charge is 0.471 e. The summed E-state index contributed by atoms with van der Waals surface area (Å²) in [5.41, 5.74) is 0.810. The van der Waals surface area contributed by atoms with Crippen LogP contribution in [0.25, 0.3) is 0 Å². The van der Waals surface area contributed by atoms with Crippen molar-refractivity contribution in [3.8, 4) is 0 Å². The molecule has 0 atom stereocenters. The number of benzene rings is 1. The van der Waals surface area contributed by atoms with Crippen molar-refractivity contribution in [3.05, 3.63) is 35.9 Å². The van der Waals surface area contributed by atoms with E-state index in [0.29, 0.717) is 6.47 Å². The molecule has 0 radical (unpaired) electrons. The van der Waals surface area contributed by atoms with Crippen LogP contribution < -0.4 is 0 Å². The number of hydrogen-bond donors (Lipinski definition) is 0. The van der Waals surface area contributed by atoms with Gasteiger partial charge >= 0.3 is 0 Å². The molecule has 1 heterocycles. The molecule has 1 aliphatic rings. The minimum atomic E-state index is 0.179. The molecule has 92 valence electrons. The van der Waals surface area contributed by atoms with Crippen LogP contribution in [0.5, 0.6) is 0 Å². The third kappa shape index (κ3) is 4.26. The van der Waals surface area contributed by atoms with Gasteiger partial charge in [0.05, 0.1) is 7.11 Å². The van der Waals surface area contributed by atoms with Crippen molar-refractivity contribution < 1.29 is 14.3 Å². The smallest absolute Gasteiger partial charge is 0.292 e. The number of nitrogens with zero attached hydrogens (tertiary/aromatic N) is 1. The molecule has 0 saturated carbocycles. The Bertz CT molecular complexity index is 345. The van der Waals surface area contributed by atoms with Crippen LogP contribution in [-0.2, 0) is 9.53 Å². The SMILES string of the molecule is COC=O.O=C(c1ccccc1)N1CCCC1. The van der Waals surface area contributed by atoms with Crippen LogP contribution >= 0.6 is 0 Å². The number of rotatable bonds is 2. The van der Waals surface area contributed by atoms with E-state index >= 15 is 0 Å². The van der Waals surface area contributed by atoms with Gasteiger partial charge in [0.2, 0.25) is 0 Å². The van der Waals surface area contributed by atoms with Crippen LogP contribution in [0.3, 0.4) is 0 Å². The number of amides is 1. The maximum absolute atomic E-state index is 11.8. The van der Waals surface area contributed by atoms with Gasteiger partial charge in [-0.1, -0.05) is 18.2 Å². The van der Waals surface area contributed by atoms with Gasteiger partial charge in [-0.3, -0.25) is 9.59 Å². The molecule has 1 aliphatic heterocycles. The van der Waals surface area contributed by atoms with Crippen molar-refractivity contribution in [1.82, 2.24) is 4.90 Å². The minimum Gasteiger partial charge on any atom is -0.471 e. The summed E-state index contributed by atoms with van der Waals surface area (Å²) in [6.45, 7) is 2.22. The number of ether oxygens (including phenoxy) is 1. The number of likely N-dealkylation sites (tertiary alicyclic amines) is 1. The Kier molecular flexibility index (Phi) is 5.79. The van der Waals surface area contributed by atoms with Crippen LogP contribution in [0.1, 0.15) is 23.2 Å². The molecule has 1 amide bonds. The van der Waals surface area contributed by atoms with Gasteiger partial charge in [-0.05, 0) is 25.0 Å². The van der Waals surface area contributed by atoms with Gasteiger partial charge in [-0.2, -0.15) is 0 Å². The highest BCUT2D eigenvalue weighted by molar-refractivity contribution is 5.94. The third-order valence-electron chi connectivity index (χ3n) is 2.51. The summed E-state index contributed by atoms with van der Waals surface area (Å²) in [6, 6.07) is 9.49. The van der Waals surface area contributed by atoms with E-state index < -0.39 is 0 Å². The minimum absolute atomic E-state index is 0.179. The Morgan fingerprint density at radius 3 is 2.24 bits per heavy atom. The maximum atomic E-state index is 11.8. The van der Waals surface area contributed by atoms with E-state index in [1.807, 2.05) is 35.2 Å². The Morgan fingerprint density at radius 2 is 1.76 bits per heavy atom. The van der Waals surface area contributed by atoms with Crippen molar-refractivity contribution in [3.63, 3.8) is 0 Å². The van der Waals surface area contributed by atoms with Gasteiger partial charge in [0, 0.05) is 18.7 Å². The lowest BCUT2D eigenvalue weighted by molar-refractivity contribution is -0.126. The first-order valence-electron chi connectivity index (χ1n) is 5.60. The van der Waals surface area contributed by atoms with Crippen LogP contribution in [-0.4, -0.2) is 37.5 Å². The number of methoxy groups -OCH3 is 1. The number of carbonyl (C=O) groups is 2. The molecule has 4 heteroatoms. The van der Waals surface area contributed by atoms with Gasteiger partial charge in [0.15, 0.2) is 0 Å². The second kappa shape index (κ2) is 7.44. The van der Waals surface area contributed by atoms with E-state index in [1.165, 1.54) is 7.11 Å². The standard InChI is InChI=1S/C11H13NO.C2H4O2/c13-11(12-8-4-5-9-12)10-6-2-1-3-7-10;1-4-2-3/h1-3,6-7H,4-5,8-9H2;2H,1H3. The summed E-state index contributed by atoms with van der Waals surface area (Å²) < 4.78 is 3.86. The average Bonchev–Trinajstić information content (AvgIpc) is 2.93. The van der Waals surface area contributed by atoms with E-state index in [0.717, 1.165) is 31.5 Å². The second-order valence-corrected chi connectivity index (χ2v) is 3.70. The van der Waals surface area contributed by atoms with Gasteiger partial charge in [-0.15, -0.1) is 0 Å². The fraction of sp³-hybridized carbons (Fsp3) is 0.385. The Hall–Kier alpha value is -1.84.